The number of nitrogens with zero attached hydrogens (tertiary/aromatic N) is 3. The Hall–Kier alpha value is -2.89. The fourth-order valence-corrected chi connectivity index (χ4v) is 1.78. The molecular formula is C13H9N3O3. The Balaban J connectivity index is 2.20. The van der Waals surface area contributed by atoms with Crippen LogP contribution in [0, 0.1) is 0 Å². The van der Waals surface area contributed by atoms with Crippen molar-refractivity contribution in [1.29, 1.82) is 0 Å². The van der Waals surface area contributed by atoms with Gasteiger partial charge in [0.05, 0.1) is 5.56 Å². The second-order valence-electron chi connectivity index (χ2n) is 3.99. The lowest BCUT2D eigenvalue weighted by Gasteiger charge is -2.03. The third kappa shape index (κ3) is 1.89. The lowest BCUT2D eigenvalue weighted by molar-refractivity contribution is 0.0697. The van der Waals surface area contributed by atoms with Gasteiger partial charge < -0.3 is 10.2 Å². The van der Waals surface area contributed by atoms with Crippen LogP contribution in [-0.4, -0.2) is 31.2 Å². The molecule has 0 amide bonds. The van der Waals surface area contributed by atoms with E-state index in [1.165, 1.54) is 23.0 Å². The Morgan fingerprint density at radius 3 is 2.26 bits per heavy atom. The highest BCUT2D eigenvalue weighted by molar-refractivity contribution is 5.88. The molecule has 0 aliphatic carbocycles. The maximum absolute atomic E-state index is 10.9. The Kier molecular flexibility index (Phi) is 2.42. The second kappa shape index (κ2) is 4.09. The molecular weight excluding hydrogens is 246 g/mol. The minimum Gasteiger partial charge on any atom is -0.506 e. The SMILES string of the molecule is O=C(O)c1ccc(O)c(-n2nc3ccccc3n2)c1. The Bertz CT molecular complexity index is 747. The first-order valence-corrected chi connectivity index (χ1v) is 5.54. The van der Waals surface area contributed by atoms with Crippen molar-refractivity contribution in [3.63, 3.8) is 0 Å². The van der Waals surface area contributed by atoms with Gasteiger partial charge in [-0.25, -0.2) is 4.79 Å². The van der Waals surface area contributed by atoms with E-state index in [-0.39, 0.29) is 17.0 Å². The minimum atomic E-state index is -1.07. The number of phenolic OH excluding ortho intramolecular Hbond substituents is 1. The predicted octanol–water partition coefficient (Wildman–Crippen LogP) is 1.82. The zero-order valence-corrected chi connectivity index (χ0v) is 9.69. The fraction of sp³-hybridized carbons (Fsp3) is 0. The molecule has 0 spiro atoms. The molecule has 6 nitrogen and oxygen atoms in total. The van der Waals surface area contributed by atoms with Gasteiger partial charge >= 0.3 is 5.97 Å². The van der Waals surface area contributed by atoms with Gasteiger partial charge in [-0.1, -0.05) is 12.1 Å². The first kappa shape index (κ1) is 11.2. The average molecular weight is 255 g/mol. The van der Waals surface area contributed by atoms with E-state index >= 15 is 0 Å². The number of aromatic carboxylic acids is 1. The number of rotatable bonds is 2. The van der Waals surface area contributed by atoms with E-state index in [0.717, 1.165) is 0 Å². The van der Waals surface area contributed by atoms with Crippen LogP contribution >= 0.6 is 0 Å². The third-order valence-electron chi connectivity index (χ3n) is 2.72. The van der Waals surface area contributed by atoms with Crippen molar-refractivity contribution >= 4 is 17.0 Å². The number of hydrogen-bond acceptors (Lipinski definition) is 4. The fourth-order valence-electron chi connectivity index (χ4n) is 1.78. The normalized spacial score (nSPS) is 10.7. The van der Waals surface area contributed by atoms with E-state index in [1.54, 1.807) is 12.1 Å². The highest BCUT2D eigenvalue weighted by atomic mass is 16.4. The first-order chi connectivity index (χ1) is 9.15. The highest BCUT2D eigenvalue weighted by Gasteiger charge is 2.12. The van der Waals surface area contributed by atoms with E-state index in [0.29, 0.717) is 11.0 Å². The monoisotopic (exact) mass is 255 g/mol. The van der Waals surface area contributed by atoms with Gasteiger partial charge in [-0.2, -0.15) is 0 Å². The van der Waals surface area contributed by atoms with Gasteiger partial charge in [0, 0.05) is 0 Å². The number of carboxylic acid groups (broad SMARTS) is 1. The summed E-state index contributed by atoms with van der Waals surface area (Å²) in [6, 6.07) is 11.2. The number of aromatic hydroxyl groups is 1. The quantitative estimate of drug-likeness (QED) is 0.729. The van der Waals surface area contributed by atoms with Crippen LogP contribution in [0.25, 0.3) is 16.7 Å². The summed E-state index contributed by atoms with van der Waals surface area (Å²) in [6.07, 6.45) is 0. The largest absolute Gasteiger partial charge is 0.506 e. The van der Waals surface area contributed by atoms with Crippen molar-refractivity contribution in [1.82, 2.24) is 15.0 Å². The molecule has 6 heteroatoms. The molecule has 0 bridgehead atoms. The molecule has 1 aromatic heterocycles. The van der Waals surface area contributed by atoms with E-state index < -0.39 is 5.97 Å². The number of carboxylic acids is 1. The molecule has 0 unspecified atom stereocenters. The number of benzene rings is 2. The van der Waals surface area contributed by atoms with Gasteiger partial charge in [-0.15, -0.1) is 15.0 Å². The van der Waals surface area contributed by atoms with Crippen molar-refractivity contribution in [3.8, 4) is 11.4 Å². The molecule has 0 fully saturated rings. The van der Waals surface area contributed by atoms with E-state index in [1.807, 2.05) is 12.1 Å². The molecule has 0 aliphatic rings. The third-order valence-corrected chi connectivity index (χ3v) is 2.72. The van der Waals surface area contributed by atoms with Crippen LogP contribution in [0.1, 0.15) is 10.4 Å². The molecule has 0 aliphatic heterocycles. The smallest absolute Gasteiger partial charge is 0.335 e. The lowest BCUT2D eigenvalue weighted by atomic mass is 10.2. The van der Waals surface area contributed by atoms with Crippen LogP contribution in [-0.2, 0) is 0 Å². The predicted molar refractivity (Wildman–Crippen MR) is 67.5 cm³/mol. The number of aromatic nitrogens is 3. The van der Waals surface area contributed by atoms with Crippen LogP contribution in [0.5, 0.6) is 5.75 Å². The summed E-state index contributed by atoms with van der Waals surface area (Å²) in [5, 5.41) is 27.2. The van der Waals surface area contributed by atoms with Gasteiger partial charge in [-0.05, 0) is 30.3 Å². The van der Waals surface area contributed by atoms with Crippen LogP contribution < -0.4 is 0 Å². The lowest BCUT2D eigenvalue weighted by Crippen LogP contribution is -2.03. The summed E-state index contributed by atoms with van der Waals surface area (Å²) in [4.78, 5) is 12.2. The van der Waals surface area contributed by atoms with Crippen LogP contribution in [0.15, 0.2) is 42.5 Å². The van der Waals surface area contributed by atoms with Crippen molar-refractivity contribution in [3.05, 3.63) is 48.0 Å². The number of fused-ring (bicyclic) bond motifs is 1. The Labute approximate surface area is 107 Å². The number of carbonyl (C=O) groups is 1. The zero-order chi connectivity index (χ0) is 13.4. The van der Waals surface area contributed by atoms with Crippen molar-refractivity contribution in [2.24, 2.45) is 0 Å². The van der Waals surface area contributed by atoms with Gasteiger partial charge in [0.15, 0.2) is 0 Å². The molecule has 0 saturated carbocycles. The molecule has 2 aromatic carbocycles. The summed E-state index contributed by atoms with van der Waals surface area (Å²) < 4.78 is 0. The summed E-state index contributed by atoms with van der Waals surface area (Å²) in [5.41, 5.74) is 1.63. The maximum Gasteiger partial charge on any atom is 0.335 e. The highest BCUT2D eigenvalue weighted by Crippen LogP contribution is 2.23. The molecule has 0 atom stereocenters. The van der Waals surface area contributed by atoms with Crippen LogP contribution in [0.4, 0.5) is 0 Å². The zero-order valence-electron chi connectivity index (χ0n) is 9.69. The summed E-state index contributed by atoms with van der Waals surface area (Å²) in [5.74, 6) is -1.15. The molecule has 1 heterocycles. The molecule has 94 valence electrons. The molecule has 19 heavy (non-hydrogen) atoms. The molecule has 0 saturated heterocycles. The standard InChI is InChI=1S/C13H9N3O3/c17-12-6-5-8(13(18)19)7-11(12)16-14-9-3-1-2-4-10(9)15-16/h1-7,17H,(H,18,19). The van der Waals surface area contributed by atoms with Crippen LogP contribution in [0.3, 0.4) is 0 Å². The number of hydrogen-bond donors (Lipinski definition) is 2. The Morgan fingerprint density at radius 1 is 1.05 bits per heavy atom. The maximum atomic E-state index is 10.9. The second-order valence-corrected chi connectivity index (χ2v) is 3.99. The van der Waals surface area contributed by atoms with Gasteiger partial charge in [0.2, 0.25) is 0 Å². The van der Waals surface area contributed by atoms with Crippen LogP contribution in [0.2, 0.25) is 0 Å². The van der Waals surface area contributed by atoms with E-state index in [2.05, 4.69) is 10.2 Å². The average Bonchev–Trinajstić information content (AvgIpc) is 2.82. The summed E-state index contributed by atoms with van der Waals surface area (Å²) in [7, 11) is 0. The molecule has 2 N–H and O–H groups in total. The molecule has 3 aromatic rings. The van der Waals surface area contributed by atoms with Crippen molar-refractivity contribution in [2.75, 3.05) is 0 Å². The minimum absolute atomic E-state index is 0.0640. The first-order valence-electron chi connectivity index (χ1n) is 5.54. The number of phenols is 1. The summed E-state index contributed by atoms with van der Waals surface area (Å²) in [6.45, 7) is 0. The van der Waals surface area contributed by atoms with Gasteiger partial charge in [-0.3, -0.25) is 0 Å². The van der Waals surface area contributed by atoms with Gasteiger partial charge in [0.25, 0.3) is 0 Å². The summed E-state index contributed by atoms with van der Waals surface area (Å²) >= 11 is 0. The van der Waals surface area contributed by atoms with Crippen molar-refractivity contribution < 1.29 is 15.0 Å². The van der Waals surface area contributed by atoms with Gasteiger partial charge in [0.1, 0.15) is 22.5 Å². The molecule has 0 radical (unpaired) electrons. The Morgan fingerprint density at radius 2 is 1.68 bits per heavy atom. The molecule has 3 rings (SSSR count). The van der Waals surface area contributed by atoms with E-state index in [4.69, 9.17) is 5.11 Å². The van der Waals surface area contributed by atoms with E-state index in [9.17, 15) is 9.90 Å². The topological polar surface area (TPSA) is 88.2 Å². The van der Waals surface area contributed by atoms with Crippen molar-refractivity contribution in [2.45, 2.75) is 0 Å².